The Labute approximate surface area is 164 Å². The first-order chi connectivity index (χ1) is 13.4. The largest absolute Gasteiger partial charge is 0.350 e. The highest BCUT2D eigenvalue weighted by Gasteiger charge is 2.08. The molecule has 0 atom stereocenters. The number of carbonyl (C=O) groups excluding carboxylic acids is 1. The highest BCUT2D eigenvalue weighted by atomic mass is 32.2. The first-order valence-electron chi connectivity index (χ1n) is 8.85. The van der Waals surface area contributed by atoms with Crippen molar-refractivity contribution in [1.82, 2.24) is 19.4 Å². The van der Waals surface area contributed by atoms with Crippen LogP contribution in [-0.2, 0) is 21.4 Å². The lowest BCUT2D eigenvalue weighted by Crippen LogP contribution is -2.29. The number of rotatable bonds is 8. The van der Waals surface area contributed by atoms with Gasteiger partial charge in [0.2, 0.25) is 15.9 Å². The summed E-state index contributed by atoms with van der Waals surface area (Å²) in [5.74, 6) is -0.248. The Bertz CT molecular complexity index is 1050. The van der Waals surface area contributed by atoms with E-state index in [-0.39, 0.29) is 18.9 Å². The van der Waals surface area contributed by atoms with Crippen molar-refractivity contribution in [2.75, 3.05) is 6.54 Å². The van der Waals surface area contributed by atoms with Crippen LogP contribution in [0.5, 0.6) is 0 Å². The highest BCUT2D eigenvalue weighted by Crippen LogP contribution is 2.06. The molecule has 0 aliphatic carbocycles. The quantitative estimate of drug-likeness (QED) is 0.609. The molecule has 0 aliphatic heterocycles. The van der Waals surface area contributed by atoms with E-state index in [2.05, 4.69) is 15.0 Å². The molecule has 0 radical (unpaired) electrons. The normalized spacial score (nSPS) is 11.9. The van der Waals surface area contributed by atoms with E-state index >= 15 is 0 Å². The number of nitrogens with one attached hydrogen (secondary N) is 2. The average molecular weight is 398 g/mol. The summed E-state index contributed by atoms with van der Waals surface area (Å²) >= 11 is 0. The fraction of sp³-hybridized carbons (Fsp3) is 0.200. The van der Waals surface area contributed by atoms with E-state index in [1.165, 1.54) is 6.08 Å². The Balaban J connectivity index is 1.43. The minimum Gasteiger partial charge on any atom is -0.350 e. The van der Waals surface area contributed by atoms with Crippen molar-refractivity contribution in [3.63, 3.8) is 0 Å². The summed E-state index contributed by atoms with van der Waals surface area (Å²) in [6.45, 7) is 2.28. The number of hydrogen-bond acceptors (Lipinski definition) is 4. The Morgan fingerprint density at radius 1 is 1.18 bits per heavy atom. The number of pyridine rings is 1. The van der Waals surface area contributed by atoms with Gasteiger partial charge in [0.15, 0.2) is 0 Å². The molecule has 0 fully saturated rings. The van der Waals surface area contributed by atoms with Crippen molar-refractivity contribution in [2.45, 2.75) is 19.9 Å². The van der Waals surface area contributed by atoms with Crippen LogP contribution in [0, 0.1) is 6.92 Å². The number of hydrogen-bond donors (Lipinski definition) is 2. The second kappa shape index (κ2) is 8.81. The predicted molar refractivity (Wildman–Crippen MR) is 109 cm³/mol. The molecule has 146 valence electrons. The van der Waals surface area contributed by atoms with Crippen molar-refractivity contribution in [3.8, 4) is 0 Å². The number of nitrogens with zero attached hydrogens (tertiary/aromatic N) is 2. The van der Waals surface area contributed by atoms with Crippen LogP contribution in [0.4, 0.5) is 0 Å². The van der Waals surface area contributed by atoms with Crippen LogP contribution in [0.1, 0.15) is 23.2 Å². The van der Waals surface area contributed by atoms with E-state index in [1.807, 2.05) is 66.2 Å². The van der Waals surface area contributed by atoms with Gasteiger partial charge < -0.3 is 9.72 Å². The first-order valence-corrected chi connectivity index (χ1v) is 10.4. The third-order valence-corrected chi connectivity index (χ3v) is 5.15. The molecule has 2 aromatic heterocycles. The van der Waals surface area contributed by atoms with Crippen LogP contribution in [-0.4, -0.2) is 30.3 Å². The molecule has 0 unspecified atom stereocenters. The number of sulfonamides is 1. The third kappa shape index (κ3) is 5.77. The van der Waals surface area contributed by atoms with Gasteiger partial charge in [0.1, 0.15) is 5.65 Å². The summed E-state index contributed by atoms with van der Waals surface area (Å²) < 4.78 is 28.2. The van der Waals surface area contributed by atoms with Crippen LogP contribution < -0.4 is 10.0 Å². The minimum atomic E-state index is -3.60. The molecule has 1 amide bonds. The van der Waals surface area contributed by atoms with Crippen LogP contribution in [0.25, 0.3) is 11.7 Å². The topological polar surface area (TPSA) is 92.6 Å². The van der Waals surface area contributed by atoms with Crippen molar-refractivity contribution >= 4 is 27.7 Å². The van der Waals surface area contributed by atoms with Crippen LogP contribution in [0.15, 0.2) is 60.3 Å². The summed E-state index contributed by atoms with van der Waals surface area (Å²) in [6, 6.07) is 13.2. The van der Waals surface area contributed by atoms with E-state index in [9.17, 15) is 13.2 Å². The average Bonchev–Trinajstić information content (AvgIpc) is 3.09. The van der Waals surface area contributed by atoms with Crippen LogP contribution in [0.3, 0.4) is 0 Å². The van der Waals surface area contributed by atoms with Crippen molar-refractivity contribution in [1.29, 1.82) is 0 Å². The maximum Gasteiger partial charge on any atom is 0.233 e. The zero-order valence-corrected chi connectivity index (χ0v) is 16.3. The standard InChI is InChI=1S/C20H22N4O3S/c1-16-5-7-17(8-6-16)10-13-28(26,27)22-11-9-20(25)21-14-18-15-24-12-3-2-4-19(24)23-18/h2-8,10,12-13,15,22H,9,11,14H2,1H3,(H,21,25)/b13-10+. The van der Waals surface area contributed by atoms with E-state index < -0.39 is 10.0 Å². The Morgan fingerprint density at radius 3 is 2.71 bits per heavy atom. The van der Waals surface area contributed by atoms with Gasteiger partial charge in [-0.25, -0.2) is 18.1 Å². The number of aromatic nitrogens is 2. The van der Waals surface area contributed by atoms with Gasteiger partial charge in [-0.1, -0.05) is 35.9 Å². The number of fused-ring (bicyclic) bond motifs is 1. The van der Waals surface area contributed by atoms with Crippen molar-refractivity contribution in [3.05, 3.63) is 77.1 Å². The Hall–Kier alpha value is -2.97. The second-order valence-corrected chi connectivity index (χ2v) is 8.03. The maximum absolute atomic E-state index is 12.0. The Morgan fingerprint density at radius 2 is 1.96 bits per heavy atom. The van der Waals surface area contributed by atoms with E-state index in [1.54, 1.807) is 0 Å². The predicted octanol–water partition coefficient (Wildman–Crippen LogP) is 2.24. The lowest BCUT2D eigenvalue weighted by atomic mass is 10.2. The van der Waals surface area contributed by atoms with Gasteiger partial charge in [0.25, 0.3) is 0 Å². The minimum absolute atomic E-state index is 0.0254. The fourth-order valence-corrected chi connectivity index (χ4v) is 3.37. The molecular formula is C20H22N4O3S. The number of amides is 1. The highest BCUT2D eigenvalue weighted by molar-refractivity contribution is 7.92. The molecule has 28 heavy (non-hydrogen) atoms. The molecule has 3 rings (SSSR count). The van der Waals surface area contributed by atoms with Gasteiger partial charge in [-0.3, -0.25) is 4.79 Å². The maximum atomic E-state index is 12.0. The van der Waals surface area contributed by atoms with Crippen LogP contribution in [0.2, 0.25) is 0 Å². The zero-order valence-electron chi connectivity index (χ0n) is 15.5. The second-order valence-electron chi connectivity index (χ2n) is 6.38. The number of benzene rings is 1. The van der Waals surface area contributed by atoms with Gasteiger partial charge in [-0.05, 0) is 30.7 Å². The molecule has 0 bridgehead atoms. The van der Waals surface area contributed by atoms with Gasteiger partial charge in [0.05, 0.1) is 12.2 Å². The van der Waals surface area contributed by atoms with Gasteiger partial charge in [-0.15, -0.1) is 0 Å². The van der Waals surface area contributed by atoms with Gasteiger partial charge in [0, 0.05) is 30.8 Å². The first kappa shape index (κ1) is 19.8. The molecular weight excluding hydrogens is 376 g/mol. The SMILES string of the molecule is Cc1ccc(/C=C/S(=O)(=O)NCCC(=O)NCc2cn3ccccc3n2)cc1. The molecule has 8 heteroatoms. The molecule has 0 aliphatic rings. The lowest BCUT2D eigenvalue weighted by Gasteiger charge is -2.04. The van der Waals surface area contributed by atoms with E-state index in [0.717, 1.165) is 27.9 Å². The number of imidazole rings is 1. The molecule has 0 saturated carbocycles. The molecule has 0 saturated heterocycles. The molecule has 1 aromatic carbocycles. The molecule has 2 N–H and O–H groups in total. The summed E-state index contributed by atoms with van der Waals surface area (Å²) in [5, 5.41) is 3.85. The van der Waals surface area contributed by atoms with E-state index in [0.29, 0.717) is 6.54 Å². The number of carbonyl (C=O) groups is 1. The van der Waals surface area contributed by atoms with E-state index in [4.69, 9.17) is 0 Å². The molecule has 0 spiro atoms. The molecule has 2 heterocycles. The summed E-state index contributed by atoms with van der Waals surface area (Å²) in [6.07, 6.45) is 5.29. The summed E-state index contributed by atoms with van der Waals surface area (Å²) in [4.78, 5) is 16.3. The Kier molecular flexibility index (Phi) is 6.23. The summed E-state index contributed by atoms with van der Waals surface area (Å²) in [7, 11) is -3.60. The van der Waals surface area contributed by atoms with Crippen LogP contribution >= 0.6 is 0 Å². The zero-order chi connectivity index (χ0) is 20.0. The fourth-order valence-electron chi connectivity index (χ4n) is 2.55. The summed E-state index contributed by atoms with van der Waals surface area (Å²) in [5.41, 5.74) is 3.44. The van der Waals surface area contributed by atoms with Gasteiger partial charge in [-0.2, -0.15) is 0 Å². The van der Waals surface area contributed by atoms with Crippen molar-refractivity contribution in [2.24, 2.45) is 0 Å². The monoisotopic (exact) mass is 398 g/mol. The lowest BCUT2D eigenvalue weighted by molar-refractivity contribution is -0.121. The number of aryl methyl sites for hydroxylation is 1. The smallest absolute Gasteiger partial charge is 0.233 e. The molecule has 7 nitrogen and oxygen atoms in total. The third-order valence-electron chi connectivity index (χ3n) is 4.05. The molecule has 3 aromatic rings. The van der Waals surface area contributed by atoms with Gasteiger partial charge >= 0.3 is 0 Å². The van der Waals surface area contributed by atoms with Crippen molar-refractivity contribution < 1.29 is 13.2 Å².